The van der Waals surface area contributed by atoms with Crippen molar-refractivity contribution in [1.82, 2.24) is 0 Å². The molecule has 0 bridgehead atoms. The third-order valence-electron chi connectivity index (χ3n) is 3.70. The summed E-state index contributed by atoms with van der Waals surface area (Å²) in [4.78, 5) is 1.43. The summed E-state index contributed by atoms with van der Waals surface area (Å²) in [7, 11) is 1.15. The number of hydrogen-bond donors (Lipinski definition) is 0. The van der Waals surface area contributed by atoms with Crippen molar-refractivity contribution in [3.63, 3.8) is 0 Å². The van der Waals surface area contributed by atoms with Gasteiger partial charge in [-0.2, -0.15) is 33.6 Å². The summed E-state index contributed by atoms with van der Waals surface area (Å²) in [5, 5.41) is 0. The van der Waals surface area contributed by atoms with Gasteiger partial charge < -0.3 is 0 Å². The van der Waals surface area contributed by atoms with Crippen molar-refractivity contribution in [3.05, 3.63) is 102 Å². The minimum atomic E-state index is -0.0430. The summed E-state index contributed by atoms with van der Waals surface area (Å²) in [5.41, 5.74) is 4.30. The Balaban J connectivity index is 0.000000228. The van der Waals surface area contributed by atoms with Gasteiger partial charge in [-0.05, 0) is 29.7 Å². The average molecular weight is 431 g/mol. The minimum absolute atomic E-state index is 0.0430. The van der Waals surface area contributed by atoms with E-state index in [9.17, 15) is 0 Å². The molecule has 3 rings (SSSR count). The normalized spacial score (nSPS) is 10.2. The largest absolute Gasteiger partial charge is 0.175 e. The van der Waals surface area contributed by atoms with Crippen LogP contribution in [0.3, 0.4) is 0 Å². The number of hydrogen-bond acceptors (Lipinski definition) is 3. The fraction of sp³-hybridized carbons (Fsp3) is 0.143. The van der Waals surface area contributed by atoms with Crippen molar-refractivity contribution in [2.45, 2.75) is 23.3 Å². The molecule has 0 heterocycles. The van der Waals surface area contributed by atoms with Crippen LogP contribution in [0.15, 0.2) is 89.8 Å². The van der Waals surface area contributed by atoms with Gasteiger partial charge in [0.2, 0.25) is 0 Å². The lowest BCUT2D eigenvalue weighted by molar-refractivity contribution is 1.31. The first-order valence-electron chi connectivity index (χ1n) is 8.62. The van der Waals surface area contributed by atoms with Crippen molar-refractivity contribution in [3.8, 4) is 0 Å². The molecule has 0 fully saturated rings. The molecule has 0 unspecified atom stereocenters. The first kappa shape index (κ1) is 21.4. The van der Waals surface area contributed by atoms with Gasteiger partial charge in [-0.15, -0.1) is 0 Å². The van der Waals surface area contributed by atoms with Gasteiger partial charge in [0, 0.05) is 16.4 Å². The molecule has 0 atom stereocenters. The van der Waals surface area contributed by atoms with Crippen LogP contribution in [0.5, 0.6) is 0 Å². The Kier molecular flexibility index (Phi) is 11.0. The maximum atomic E-state index is 2.21. The molecule has 0 radical (unpaired) electrons. The van der Waals surface area contributed by atoms with Crippen LogP contribution < -0.4 is 0 Å². The van der Waals surface area contributed by atoms with E-state index in [1.54, 1.807) is 0 Å². The molecule has 0 N–H and O–H groups in total. The molecule has 0 amide bonds. The van der Waals surface area contributed by atoms with Gasteiger partial charge in [-0.3, -0.25) is 0 Å². The second-order valence-corrected chi connectivity index (χ2v) is 14.7. The predicted octanol–water partition coefficient (Wildman–Crippen LogP) is 5.22. The van der Waals surface area contributed by atoms with Crippen molar-refractivity contribution in [2.75, 3.05) is 0 Å². The van der Waals surface area contributed by atoms with Gasteiger partial charge in [0.1, 0.15) is 7.82 Å². The number of aryl methyl sites for hydroxylation is 1. The van der Waals surface area contributed by atoms with Gasteiger partial charge in [0.05, 0.1) is 9.39 Å². The highest BCUT2D eigenvalue weighted by Gasteiger charge is 1.95. The highest BCUT2D eigenvalue weighted by molar-refractivity contribution is 8.50. The molecule has 0 spiro atoms. The van der Waals surface area contributed by atoms with Gasteiger partial charge in [-0.25, -0.2) is 0 Å². The van der Waals surface area contributed by atoms with E-state index in [0.29, 0.717) is 0 Å². The first-order valence-corrected chi connectivity index (χ1v) is 18.1. The van der Waals surface area contributed by atoms with E-state index in [4.69, 9.17) is 0 Å². The summed E-state index contributed by atoms with van der Waals surface area (Å²) in [5.74, 6) is 2.35. The number of benzene rings is 3. The zero-order valence-electron chi connectivity index (χ0n) is 15.4. The lowest BCUT2D eigenvalue weighted by Gasteiger charge is -2.02. The molecule has 0 nitrogen and oxygen atoms in total. The Morgan fingerprint density at radius 1 is 0.692 bits per heavy atom. The highest BCUT2D eigenvalue weighted by atomic mass is 32.6. The van der Waals surface area contributed by atoms with E-state index in [1.165, 1.54) is 42.5 Å². The molecule has 0 aliphatic carbocycles. The highest BCUT2D eigenvalue weighted by Crippen LogP contribution is 2.18. The van der Waals surface area contributed by atoms with E-state index in [2.05, 4.69) is 114 Å². The first-order chi connectivity index (χ1) is 12.8. The Bertz CT molecular complexity index is 695. The molecule has 26 heavy (non-hydrogen) atoms. The van der Waals surface area contributed by atoms with Crippen molar-refractivity contribution < 1.29 is 0 Å². The maximum Gasteiger partial charge on any atom is 0.147 e. The van der Waals surface area contributed by atoms with Crippen LogP contribution in [0.25, 0.3) is 0 Å². The zero-order chi connectivity index (χ0) is 18.5. The standard InChI is InChI=1S/C14H16S2Si.C7H10SSi/c1-3-7-13(8-4-1)11-15-17-16-12-14-9-5-2-6-10-14;1-6-4-2-3-5-7(6)8-9/h1-10H,11-12,17H2;2-5H,1,9H3. The molecule has 136 valence electrons. The molecule has 5 heteroatoms. The maximum absolute atomic E-state index is 2.21. The molecule has 3 aromatic rings. The summed E-state index contributed by atoms with van der Waals surface area (Å²) < 4.78 is 0. The van der Waals surface area contributed by atoms with E-state index in [-0.39, 0.29) is 7.82 Å². The van der Waals surface area contributed by atoms with Crippen molar-refractivity contribution in [2.24, 2.45) is 0 Å². The van der Waals surface area contributed by atoms with Crippen molar-refractivity contribution in [1.29, 1.82) is 0 Å². The van der Waals surface area contributed by atoms with Gasteiger partial charge in [-0.1, -0.05) is 78.9 Å². The zero-order valence-corrected chi connectivity index (χ0v) is 21.3. The van der Waals surface area contributed by atoms with Crippen LogP contribution in [-0.2, 0) is 11.5 Å². The van der Waals surface area contributed by atoms with Gasteiger partial charge in [0.25, 0.3) is 0 Å². The Morgan fingerprint density at radius 3 is 1.58 bits per heavy atom. The van der Waals surface area contributed by atoms with Crippen molar-refractivity contribution >= 4 is 50.8 Å². The molecule has 0 saturated heterocycles. The van der Waals surface area contributed by atoms with Crippen LogP contribution >= 0.6 is 33.6 Å². The molecule has 3 aromatic carbocycles. The van der Waals surface area contributed by atoms with E-state index in [0.717, 1.165) is 0 Å². The smallest absolute Gasteiger partial charge is 0.147 e. The van der Waals surface area contributed by atoms with Gasteiger partial charge >= 0.3 is 0 Å². The molecule has 0 aliphatic rings. The van der Waals surface area contributed by atoms with E-state index >= 15 is 0 Å². The third kappa shape index (κ3) is 8.69. The summed E-state index contributed by atoms with van der Waals surface area (Å²) >= 11 is 6.19. The molecular formula is C21H26S3Si2. The topological polar surface area (TPSA) is 0 Å². The van der Waals surface area contributed by atoms with Crippen LogP contribution in [0.4, 0.5) is 0 Å². The van der Waals surface area contributed by atoms with Gasteiger partial charge in [0.15, 0.2) is 0 Å². The Labute approximate surface area is 175 Å². The third-order valence-corrected chi connectivity index (χ3v) is 12.6. The van der Waals surface area contributed by atoms with E-state index < -0.39 is 0 Å². The lowest BCUT2D eigenvalue weighted by Crippen LogP contribution is -1.85. The average Bonchev–Trinajstić information content (AvgIpc) is 2.70. The second kappa shape index (κ2) is 13.3. The molecule has 0 saturated carbocycles. The SMILES string of the molecule is Cc1ccccc1S[SiH3].c1ccc(CS[SiH2]SCc2ccccc2)cc1. The predicted molar refractivity (Wildman–Crippen MR) is 131 cm³/mol. The Hall–Kier alpha value is -0.856. The Morgan fingerprint density at radius 2 is 1.15 bits per heavy atom. The fourth-order valence-corrected chi connectivity index (χ4v) is 10.3. The van der Waals surface area contributed by atoms with Crippen LogP contribution in [0.1, 0.15) is 16.7 Å². The van der Waals surface area contributed by atoms with E-state index in [1.807, 2.05) is 11.2 Å². The monoisotopic (exact) mass is 430 g/mol. The quantitative estimate of drug-likeness (QED) is 0.372. The molecule has 0 aromatic heterocycles. The second-order valence-electron chi connectivity index (χ2n) is 5.76. The van der Waals surface area contributed by atoms with Crippen LogP contribution in [0.2, 0.25) is 0 Å². The molecular weight excluding hydrogens is 405 g/mol. The number of rotatable bonds is 7. The summed E-state index contributed by atoms with van der Waals surface area (Å²) in [6.45, 7) is 2.15. The van der Waals surface area contributed by atoms with Crippen LogP contribution in [-0.4, -0.2) is 17.2 Å². The summed E-state index contributed by atoms with van der Waals surface area (Å²) in [6.07, 6.45) is 0. The fourth-order valence-electron chi connectivity index (χ4n) is 2.31. The van der Waals surface area contributed by atoms with Crippen LogP contribution in [0, 0.1) is 6.92 Å². The lowest BCUT2D eigenvalue weighted by atomic mass is 10.2. The molecule has 0 aliphatic heterocycles. The summed E-state index contributed by atoms with van der Waals surface area (Å²) in [6, 6.07) is 30.0. The minimum Gasteiger partial charge on any atom is -0.175 e.